The summed E-state index contributed by atoms with van der Waals surface area (Å²) < 4.78 is 9.06. The van der Waals surface area contributed by atoms with Crippen LogP contribution in [0.1, 0.15) is 94.4 Å². The van der Waals surface area contributed by atoms with E-state index in [2.05, 4.69) is 88.8 Å². The van der Waals surface area contributed by atoms with Gasteiger partial charge in [0.2, 0.25) is 5.69 Å². The van der Waals surface area contributed by atoms with E-state index in [1.54, 1.807) is 5.56 Å². The van der Waals surface area contributed by atoms with Crippen molar-refractivity contribution in [1.82, 2.24) is 0 Å². The third-order valence-corrected chi connectivity index (χ3v) is 9.06. The Kier molecular flexibility index (Phi) is 4.79. The number of benzene rings is 2. The molecule has 2 aromatic heterocycles. The fourth-order valence-electron chi connectivity index (χ4n) is 7.13. The van der Waals surface area contributed by atoms with Crippen molar-refractivity contribution in [3.63, 3.8) is 0 Å². The first-order chi connectivity index (χ1) is 16.2. The number of nitrogens with zero attached hydrogens (tertiary/aromatic N) is 1. The molecule has 2 nitrogen and oxygen atoms in total. The molecule has 0 amide bonds. The van der Waals surface area contributed by atoms with Crippen molar-refractivity contribution in [3.05, 3.63) is 64.8 Å². The minimum absolute atomic E-state index is 0.118. The van der Waals surface area contributed by atoms with Gasteiger partial charge < -0.3 is 4.42 Å². The minimum atomic E-state index is 0.118. The molecule has 0 spiro atoms. The first kappa shape index (κ1) is 21.9. The van der Waals surface area contributed by atoms with Crippen LogP contribution >= 0.6 is 0 Å². The molecule has 176 valence electrons. The smallest absolute Gasteiger partial charge is 0.216 e. The molecule has 2 aliphatic rings. The van der Waals surface area contributed by atoms with Crippen LogP contribution in [0.5, 0.6) is 0 Å². The molecule has 0 unspecified atom stereocenters. The molecule has 2 aromatic carbocycles. The maximum absolute atomic E-state index is 6.75. The fourth-order valence-corrected chi connectivity index (χ4v) is 7.13. The van der Waals surface area contributed by atoms with Crippen LogP contribution in [-0.4, -0.2) is 0 Å². The van der Waals surface area contributed by atoms with Crippen LogP contribution in [0.15, 0.2) is 47.0 Å². The Balaban J connectivity index is 1.77. The van der Waals surface area contributed by atoms with Crippen LogP contribution in [0.4, 0.5) is 0 Å². The normalized spacial score (nSPS) is 19.7. The highest BCUT2D eigenvalue weighted by Gasteiger charge is 2.42. The lowest BCUT2D eigenvalue weighted by atomic mass is 9.60. The predicted molar refractivity (Wildman–Crippen MR) is 142 cm³/mol. The number of aromatic nitrogens is 1. The lowest BCUT2D eigenvalue weighted by molar-refractivity contribution is -0.660. The summed E-state index contributed by atoms with van der Waals surface area (Å²) in [6.45, 7) is 12.1. The molecular weight excluding hydrogens is 414 g/mol. The van der Waals surface area contributed by atoms with Gasteiger partial charge in [-0.25, -0.2) is 4.57 Å². The zero-order valence-electron chi connectivity index (χ0n) is 21.7. The van der Waals surface area contributed by atoms with Crippen LogP contribution in [0.3, 0.4) is 0 Å². The van der Waals surface area contributed by atoms with Gasteiger partial charge in [0.05, 0.1) is 5.56 Å². The zero-order chi connectivity index (χ0) is 23.8. The van der Waals surface area contributed by atoms with E-state index in [1.165, 1.54) is 77.2 Å². The minimum Gasteiger partial charge on any atom is -0.455 e. The third-order valence-electron chi connectivity index (χ3n) is 9.06. The molecule has 2 heterocycles. The van der Waals surface area contributed by atoms with Gasteiger partial charge in [0, 0.05) is 22.9 Å². The monoisotopic (exact) mass is 452 g/mol. The zero-order valence-corrected chi connectivity index (χ0v) is 21.7. The summed E-state index contributed by atoms with van der Waals surface area (Å²) in [5, 5.41) is 2.60. The highest BCUT2D eigenvalue weighted by atomic mass is 16.3. The number of hydrogen-bond donors (Lipinski definition) is 0. The summed E-state index contributed by atoms with van der Waals surface area (Å²) in [6.07, 6.45) is 10.0. The van der Waals surface area contributed by atoms with E-state index in [0.717, 1.165) is 11.2 Å². The Hall–Kier alpha value is -2.61. The van der Waals surface area contributed by atoms with Crippen LogP contribution in [0.2, 0.25) is 0 Å². The molecule has 0 N–H and O–H groups in total. The van der Waals surface area contributed by atoms with E-state index >= 15 is 0 Å². The highest BCUT2D eigenvalue weighted by molar-refractivity contribution is 6.12. The number of rotatable bonds is 2. The lowest BCUT2D eigenvalue weighted by Gasteiger charge is -2.43. The summed E-state index contributed by atoms with van der Waals surface area (Å²) in [5.41, 5.74) is 10.9. The lowest BCUT2D eigenvalue weighted by Crippen LogP contribution is -2.36. The topological polar surface area (TPSA) is 17.0 Å². The fraction of sp³-hybridized carbons (Fsp3) is 0.469. The van der Waals surface area contributed by atoms with E-state index in [9.17, 15) is 0 Å². The van der Waals surface area contributed by atoms with Crippen molar-refractivity contribution in [2.24, 2.45) is 7.05 Å². The number of hydrogen-bond acceptors (Lipinski definition) is 1. The Morgan fingerprint density at radius 1 is 0.912 bits per heavy atom. The van der Waals surface area contributed by atoms with Crippen molar-refractivity contribution in [2.45, 2.75) is 89.9 Å². The number of pyridine rings is 1. The first-order valence-corrected chi connectivity index (χ1v) is 13.2. The predicted octanol–water partition coefficient (Wildman–Crippen LogP) is 8.39. The maximum Gasteiger partial charge on any atom is 0.216 e. The van der Waals surface area contributed by atoms with E-state index in [-0.39, 0.29) is 10.8 Å². The van der Waals surface area contributed by atoms with Gasteiger partial charge >= 0.3 is 0 Å². The molecule has 0 bridgehead atoms. The van der Waals surface area contributed by atoms with Crippen LogP contribution in [0, 0.1) is 6.92 Å². The van der Waals surface area contributed by atoms with Crippen molar-refractivity contribution in [3.8, 4) is 11.3 Å². The Morgan fingerprint density at radius 3 is 2.32 bits per heavy atom. The average Bonchev–Trinajstić information content (AvgIpc) is 3.45. The summed E-state index contributed by atoms with van der Waals surface area (Å²) in [4.78, 5) is 0. The van der Waals surface area contributed by atoms with Gasteiger partial charge in [-0.05, 0) is 77.7 Å². The van der Waals surface area contributed by atoms with E-state index < -0.39 is 0 Å². The second-order valence-corrected chi connectivity index (χ2v) is 12.3. The van der Waals surface area contributed by atoms with Crippen LogP contribution in [-0.2, 0) is 17.9 Å². The molecule has 6 rings (SSSR count). The van der Waals surface area contributed by atoms with Gasteiger partial charge in [-0.2, -0.15) is 0 Å². The molecule has 2 aliphatic carbocycles. The molecule has 4 aromatic rings. The standard InChI is InChI=1S/C32H38NO/c1-20-26(24-19-22(15-18-33(24)6)21-11-7-8-12-21)30-27(23-13-9-10-14-25(23)34-30)29-28(20)31(2,3)16-17-32(29,4)5/h9-10,13-15,18-19,21H,7-8,11-12,16-17H2,1-6H3/q+1. The van der Waals surface area contributed by atoms with E-state index in [1.807, 2.05) is 0 Å². The number of para-hydroxylation sites is 1. The number of fused-ring (bicyclic) bond motifs is 5. The molecule has 1 fully saturated rings. The summed E-state index contributed by atoms with van der Waals surface area (Å²) >= 11 is 0. The van der Waals surface area contributed by atoms with Gasteiger partial charge in [0.15, 0.2) is 6.20 Å². The first-order valence-electron chi connectivity index (χ1n) is 13.2. The largest absolute Gasteiger partial charge is 0.455 e. The molecule has 0 saturated heterocycles. The van der Waals surface area contributed by atoms with Crippen molar-refractivity contribution in [2.75, 3.05) is 0 Å². The summed E-state index contributed by atoms with van der Waals surface area (Å²) in [6, 6.07) is 13.5. The molecule has 0 aliphatic heterocycles. The summed E-state index contributed by atoms with van der Waals surface area (Å²) in [7, 11) is 2.19. The highest BCUT2D eigenvalue weighted by Crippen LogP contribution is 2.54. The Bertz CT molecular complexity index is 1430. The third kappa shape index (κ3) is 3.10. The summed E-state index contributed by atoms with van der Waals surface area (Å²) in [5.74, 6) is 0.694. The average molecular weight is 453 g/mol. The SMILES string of the molecule is Cc1c2c(c3c(oc4ccccc43)c1-c1cc(C3CCCC3)cc[n+]1C)C(C)(C)CCC2(C)C. The van der Waals surface area contributed by atoms with E-state index in [0.29, 0.717) is 5.92 Å². The second-order valence-electron chi connectivity index (χ2n) is 12.3. The molecule has 34 heavy (non-hydrogen) atoms. The maximum atomic E-state index is 6.75. The van der Waals surface area contributed by atoms with Gasteiger partial charge in [-0.1, -0.05) is 58.7 Å². The molecule has 0 atom stereocenters. The molecular formula is C32H38NO+. The van der Waals surface area contributed by atoms with Crippen molar-refractivity contribution in [1.29, 1.82) is 0 Å². The van der Waals surface area contributed by atoms with Gasteiger partial charge in [-0.15, -0.1) is 0 Å². The van der Waals surface area contributed by atoms with Gasteiger partial charge in [-0.3, -0.25) is 0 Å². The van der Waals surface area contributed by atoms with E-state index in [4.69, 9.17) is 4.42 Å². The molecule has 2 heteroatoms. The second kappa shape index (κ2) is 7.44. The van der Waals surface area contributed by atoms with Crippen molar-refractivity contribution < 1.29 is 8.98 Å². The number of aryl methyl sites for hydroxylation is 1. The van der Waals surface area contributed by atoms with Gasteiger partial charge in [0.1, 0.15) is 18.2 Å². The van der Waals surface area contributed by atoms with Crippen molar-refractivity contribution >= 4 is 21.9 Å². The molecule has 1 saturated carbocycles. The quantitative estimate of drug-likeness (QED) is 0.279. The number of furan rings is 1. The van der Waals surface area contributed by atoms with Crippen LogP contribution in [0.25, 0.3) is 33.2 Å². The Morgan fingerprint density at radius 2 is 1.59 bits per heavy atom. The van der Waals surface area contributed by atoms with Crippen LogP contribution < -0.4 is 4.57 Å². The molecule has 0 radical (unpaired) electrons. The van der Waals surface area contributed by atoms with Gasteiger partial charge in [0.25, 0.3) is 0 Å². The Labute approximate surface area is 204 Å².